The van der Waals surface area contributed by atoms with Gasteiger partial charge in [-0.05, 0) is 61.6 Å². The summed E-state index contributed by atoms with van der Waals surface area (Å²) in [5.74, 6) is 0.0172. The third kappa shape index (κ3) is 3.77. The van der Waals surface area contributed by atoms with Crippen molar-refractivity contribution in [3.8, 4) is 11.3 Å². The second kappa shape index (κ2) is 8.70. The van der Waals surface area contributed by atoms with Crippen molar-refractivity contribution in [2.75, 3.05) is 13.2 Å². The number of pyridine rings is 2. The Hall–Kier alpha value is -3.36. The van der Waals surface area contributed by atoms with Crippen LogP contribution in [0.3, 0.4) is 0 Å². The lowest BCUT2D eigenvalue weighted by atomic mass is 9.86. The molecule has 1 saturated heterocycles. The Labute approximate surface area is 206 Å². The lowest BCUT2D eigenvalue weighted by Crippen LogP contribution is -2.27. The van der Waals surface area contributed by atoms with Crippen molar-refractivity contribution in [1.82, 2.24) is 29.5 Å². The number of benzene rings is 1. The number of hydrogen-bond acceptors (Lipinski definition) is 5. The van der Waals surface area contributed by atoms with Crippen LogP contribution in [0.25, 0.3) is 33.3 Å². The lowest BCUT2D eigenvalue weighted by Gasteiger charge is -2.32. The number of aromatic nitrogens is 6. The zero-order valence-corrected chi connectivity index (χ0v) is 20.2. The molecular weight excluding hydrogens is 467 g/mol. The standard InChI is InChI=1S/C26H24ClFN6O/c1-15-24(33(2)32-31-15)18-13-21-23(29-14-18)20-7-8-22(27)30-26(20)34(21)25(17-9-11-35-12-10-17)16-3-5-19(28)6-4-16/h3-8,13-14,17,25H,9-12H2,1-2H3/t25-/m1/s1. The van der Waals surface area contributed by atoms with Crippen LogP contribution in [-0.2, 0) is 11.8 Å². The van der Waals surface area contributed by atoms with Gasteiger partial charge in [0.2, 0.25) is 0 Å². The van der Waals surface area contributed by atoms with E-state index in [9.17, 15) is 4.39 Å². The van der Waals surface area contributed by atoms with E-state index in [0.29, 0.717) is 18.4 Å². The van der Waals surface area contributed by atoms with Crippen LogP contribution >= 0.6 is 11.6 Å². The number of aryl methyl sites for hydroxylation is 2. The minimum atomic E-state index is -0.258. The van der Waals surface area contributed by atoms with Crippen molar-refractivity contribution in [2.24, 2.45) is 13.0 Å². The molecule has 1 atom stereocenters. The van der Waals surface area contributed by atoms with Gasteiger partial charge in [0.25, 0.3) is 0 Å². The van der Waals surface area contributed by atoms with Crippen LogP contribution in [0, 0.1) is 18.7 Å². The molecule has 0 N–H and O–H groups in total. The van der Waals surface area contributed by atoms with Crippen molar-refractivity contribution in [3.05, 3.63) is 70.9 Å². The first-order chi connectivity index (χ1) is 17.0. The van der Waals surface area contributed by atoms with Crippen LogP contribution in [0.1, 0.15) is 30.1 Å². The number of nitrogens with zero attached hydrogens (tertiary/aromatic N) is 6. The summed E-state index contributed by atoms with van der Waals surface area (Å²) < 4.78 is 23.6. The van der Waals surface area contributed by atoms with Crippen LogP contribution in [0.15, 0.2) is 48.7 Å². The molecular formula is C26H24ClFN6O. The van der Waals surface area contributed by atoms with E-state index >= 15 is 0 Å². The summed E-state index contributed by atoms with van der Waals surface area (Å²) in [4.78, 5) is 9.63. The van der Waals surface area contributed by atoms with E-state index in [4.69, 9.17) is 26.3 Å². The highest BCUT2D eigenvalue weighted by Gasteiger charge is 2.31. The van der Waals surface area contributed by atoms with Crippen LogP contribution in [0.2, 0.25) is 5.15 Å². The topological polar surface area (TPSA) is 70.7 Å². The molecule has 0 radical (unpaired) electrons. The normalized spacial score (nSPS) is 15.8. The molecule has 178 valence electrons. The van der Waals surface area contributed by atoms with Crippen molar-refractivity contribution in [2.45, 2.75) is 25.8 Å². The van der Waals surface area contributed by atoms with E-state index in [1.54, 1.807) is 10.7 Å². The number of rotatable bonds is 4. The predicted octanol–water partition coefficient (Wildman–Crippen LogP) is 5.50. The molecule has 1 fully saturated rings. The fraction of sp³-hybridized carbons (Fsp3) is 0.308. The van der Waals surface area contributed by atoms with Crippen molar-refractivity contribution < 1.29 is 9.13 Å². The molecule has 0 unspecified atom stereocenters. The molecule has 4 aromatic heterocycles. The summed E-state index contributed by atoms with van der Waals surface area (Å²) in [6.07, 6.45) is 3.64. The summed E-state index contributed by atoms with van der Waals surface area (Å²) >= 11 is 6.40. The van der Waals surface area contributed by atoms with Gasteiger partial charge in [-0.3, -0.25) is 4.98 Å². The largest absolute Gasteiger partial charge is 0.381 e. The maximum absolute atomic E-state index is 13.9. The van der Waals surface area contributed by atoms with Gasteiger partial charge < -0.3 is 9.30 Å². The summed E-state index contributed by atoms with van der Waals surface area (Å²) in [5, 5.41) is 9.72. The molecule has 0 aliphatic carbocycles. The fourth-order valence-electron chi connectivity index (χ4n) is 5.34. The molecule has 0 bridgehead atoms. The Balaban J connectivity index is 1.67. The average Bonchev–Trinajstić information content (AvgIpc) is 3.36. The van der Waals surface area contributed by atoms with Gasteiger partial charge in [0.15, 0.2) is 0 Å². The van der Waals surface area contributed by atoms with Crippen molar-refractivity contribution in [1.29, 1.82) is 0 Å². The molecule has 0 amide bonds. The highest BCUT2D eigenvalue weighted by atomic mass is 35.5. The maximum atomic E-state index is 13.9. The lowest BCUT2D eigenvalue weighted by molar-refractivity contribution is 0.0552. The van der Waals surface area contributed by atoms with Gasteiger partial charge in [0.1, 0.15) is 16.6 Å². The summed E-state index contributed by atoms with van der Waals surface area (Å²) in [6, 6.07) is 12.6. The minimum Gasteiger partial charge on any atom is -0.381 e. The molecule has 6 rings (SSSR count). The quantitative estimate of drug-likeness (QED) is 0.311. The van der Waals surface area contributed by atoms with Gasteiger partial charge in [0, 0.05) is 37.4 Å². The Morgan fingerprint density at radius 3 is 2.60 bits per heavy atom. The first-order valence-electron chi connectivity index (χ1n) is 11.7. The van der Waals surface area contributed by atoms with Gasteiger partial charge in [0.05, 0.1) is 28.5 Å². The zero-order chi connectivity index (χ0) is 24.1. The second-order valence-electron chi connectivity index (χ2n) is 9.06. The number of hydrogen-bond donors (Lipinski definition) is 0. The number of halogens is 2. The van der Waals surface area contributed by atoms with E-state index in [-0.39, 0.29) is 17.8 Å². The molecule has 1 aromatic carbocycles. The van der Waals surface area contributed by atoms with Crippen LogP contribution < -0.4 is 0 Å². The highest BCUT2D eigenvalue weighted by Crippen LogP contribution is 2.41. The zero-order valence-electron chi connectivity index (χ0n) is 19.4. The average molecular weight is 491 g/mol. The smallest absolute Gasteiger partial charge is 0.144 e. The van der Waals surface area contributed by atoms with Crippen molar-refractivity contribution >= 4 is 33.7 Å². The molecule has 5 aromatic rings. The first-order valence-corrected chi connectivity index (χ1v) is 12.0. The van der Waals surface area contributed by atoms with E-state index in [2.05, 4.69) is 20.9 Å². The minimum absolute atomic E-state index is 0.0896. The first kappa shape index (κ1) is 22.1. The number of fused-ring (bicyclic) bond motifs is 3. The Kier molecular flexibility index (Phi) is 5.50. The Bertz CT molecular complexity index is 1520. The molecule has 0 spiro atoms. The predicted molar refractivity (Wildman–Crippen MR) is 133 cm³/mol. The molecule has 7 nitrogen and oxygen atoms in total. The van der Waals surface area contributed by atoms with E-state index < -0.39 is 0 Å². The molecule has 0 saturated carbocycles. The third-order valence-corrected chi connectivity index (χ3v) is 7.13. The van der Waals surface area contributed by atoms with Crippen LogP contribution in [0.5, 0.6) is 0 Å². The van der Waals surface area contributed by atoms with E-state index in [0.717, 1.165) is 57.4 Å². The van der Waals surface area contributed by atoms with Gasteiger partial charge in [-0.25, -0.2) is 14.1 Å². The number of ether oxygens (including phenoxy) is 1. The molecule has 5 heterocycles. The molecule has 35 heavy (non-hydrogen) atoms. The third-order valence-electron chi connectivity index (χ3n) is 6.92. The second-order valence-corrected chi connectivity index (χ2v) is 9.45. The Morgan fingerprint density at radius 1 is 1.11 bits per heavy atom. The molecule has 9 heteroatoms. The van der Waals surface area contributed by atoms with Gasteiger partial charge in [-0.2, -0.15) is 0 Å². The Morgan fingerprint density at radius 2 is 1.89 bits per heavy atom. The highest BCUT2D eigenvalue weighted by molar-refractivity contribution is 6.30. The van der Waals surface area contributed by atoms with Crippen LogP contribution in [-0.4, -0.2) is 42.7 Å². The van der Waals surface area contributed by atoms with E-state index in [1.807, 2.05) is 38.4 Å². The maximum Gasteiger partial charge on any atom is 0.144 e. The summed E-state index contributed by atoms with van der Waals surface area (Å²) in [6.45, 7) is 3.32. The van der Waals surface area contributed by atoms with Gasteiger partial charge in [-0.1, -0.05) is 28.9 Å². The molecule has 1 aliphatic heterocycles. The summed E-state index contributed by atoms with van der Waals surface area (Å²) in [5.41, 5.74) is 6.22. The van der Waals surface area contributed by atoms with Gasteiger partial charge in [-0.15, -0.1) is 5.10 Å². The fourth-order valence-corrected chi connectivity index (χ4v) is 5.49. The van der Waals surface area contributed by atoms with E-state index in [1.165, 1.54) is 12.1 Å². The summed E-state index contributed by atoms with van der Waals surface area (Å²) in [7, 11) is 1.87. The van der Waals surface area contributed by atoms with Crippen molar-refractivity contribution in [3.63, 3.8) is 0 Å². The van der Waals surface area contributed by atoms with Crippen LogP contribution in [0.4, 0.5) is 4.39 Å². The monoisotopic (exact) mass is 490 g/mol. The SMILES string of the molecule is Cc1nnn(C)c1-c1cnc2c3ccc(Cl)nc3n([C@H](c3ccc(F)cc3)C3CCOCC3)c2c1. The van der Waals surface area contributed by atoms with Gasteiger partial charge >= 0.3 is 0 Å². The molecule has 1 aliphatic rings.